The molecule has 0 bridgehead atoms. The highest BCUT2D eigenvalue weighted by atomic mass is 16.5. The van der Waals surface area contributed by atoms with Gasteiger partial charge in [-0.15, -0.1) is 0 Å². The predicted molar refractivity (Wildman–Crippen MR) is 89.7 cm³/mol. The van der Waals surface area contributed by atoms with Gasteiger partial charge in [-0.3, -0.25) is 9.69 Å². The van der Waals surface area contributed by atoms with Crippen LogP contribution in [0.15, 0.2) is 18.3 Å². The molecule has 1 aromatic rings. The molecule has 0 aromatic carbocycles. The van der Waals surface area contributed by atoms with Crippen LogP contribution in [0.5, 0.6) is 0 Å². The van der Waals surface area contributed by atoms with Crippen LogP contribution in [0.2, 0.25) is 0 Å². The third-order valence-electron chi connectivity index (χ3n) is 4.49. The molecule has 2 fully saturated rings. The van der Waals surface area contributed by atoms with E-state index in [1.165, 1.54) is 6.42 Å². The lowest BCUT2D eigenvalue weighted by molar-refractivity contribution is 0.0398. The van der Waals surface area contributed by atoms with Gasteiger partial charge in [-0.2, -0.15) is 0 Å². The third-order valence-corrected chi connectivity index (χ3v) is 4.49. The number of likely N-dealkylation sites (tertiary alicyclic amines) is 1. The SMILES string of the molecule is O=C(c1ccc(NCCN2CCOCC2)cn1)N1CCCCC1. The molecular formula is C17H26N4O2. The van der Waals surface area contributed by atoms with Crippen LogP contribution in [0.4, 0.5) is 5.69 Å². The number of aromatic nitrogens is 1. The fraction of sp³-hybridized carbons (Fsp3) is 0.647. The van der Waals surface area contributed by atoms with Crippen molar-refractivity contribution in [3.8, 4) is 0 Å². The Labute approximate surface area is 137 Å². The van der Waals surface area contributed by atoms with Crippen molar-refractivity contribution in [2.45, 2.75) is 19.3 Å². The second-order valence-corrected chi connectivity index (χ2v) is 6.17. The third kappa shape index (κ3) is 4.65. The monoisotopic (exact) mass is 318 g/mol. The Kier molecular flexibility index (Phi) is 5.82. The van der Waals surface area contributed by atoms with E-state index in [1.54, 1.807) is 6.20 Å². The quantitative estimate of drug-likeness (QED) is 0.890. The van der Waals surface area contributed by atoms with Crippen LogP contribution >= 0.6 is 0 Å². The van der Waals surface area contributed by atoms with Crippen molar-refractivity contribution in [2.75, 3.05) is 57.8 Å². The molecule has 126 valence electrons. The topological polar surface area (TPSA) is 57.7 Å². The minimum atomic E-state index is 0.0598. The number of amides is 1. The number of carbonyl (C=O) groups is 1. The van der Waals surface area contributed by atoms with Gasteiger partial charge in [0, 0.05) is 39.3 Å². The highest BCUT2D eigenvalue weighted by Gasteiger charge is 2.19. The van der Waals surface area contributed by atoms with Crippen molar-refractivity contribution in [3.63, 3.8) is 0 Å². The number of anilines is 1. The molecule has 3 heterocycles. The molecule has 23 heavy (non-hydrogen) atoms. The van der Waals surface area contributed by atoms with E-state index < -0.39 is 0 Å². The van der Waals surface area contributed by atoms with E-state index in [9.17, 15) is 4.79 Å². The zero-order valence-electron chi connectivity index (χ0n) is 13.7. The Balaban J connectivity index is 1.45. The van der Waals surface area contributed by atoms with E-state index in [1.807, 2.05) is 17.0 Å². The summed E-state index contributed by atoms with van der Waals surface area (Å²) in [7, 11) is 0. The lowest BCUT2D eigenvalue weighted by Gasteiger charge is -2.27. The summed E-state index contributed by atoms with van der Waals surface area (Å²) in [5.74, 6) is 0.0598. The molecule has 0 aliphatic carbocycles. The highest BCUT2D eigenvalue weighted by molar-refractivity contribution is 5.92. The number of hydrogen-bond donors (Lipinski definition) is 1. The van der Waals surface area contributed by atoms with E-state index in [0.717, 1.165) is 71.0 Å². The summed E-state index contributed by atoms with van der Waals surface area (Å²) >= 11 is 0. The van der Waals surface area contributed by atoms with Crippen molar-refractivity contribution in [2.24, 2.45) is 0 Å². The van der Waals surface area contributed by atoms with Gasteiger partial charge in [0.05, 0.1) is 25.1 Å². The van der Waals surface area contributed by atoms with E-state index in [2.05, 4.69) is 15.2 Å². The number of hydrogen-bond acceptors (Lipinski definition) is 5. The van der Waals surface area contributed by atoms with E-state index in [0.29, 0.717) is 5.69 Å². The molecule has 2 saturated heterocycles. The van der Waals surface area contributed by atoms with Crippen LogP contribution in [0.25, 0.3) is 0 Å². The first kappa shape index (κ1) is 16.2. The highest BCUT2D eigenvalue weighted by Crippen LogP contribution is 2.13. The predicted octanol–water partition coefficient (Wildman–Crippen LogP) is 1.45. The largest absolute Gasteiger partial charge is 0.383 e. The lowest BCUT2D eigenvalue weighted by atomic mass is 10.1. The Morgan fingerprint density at radius 2 is 1.91 bits per heavy atom. The van der Waals surface area contributed by atoms with Crippen molar-refractivity contribution >= 4 is 11.6 Å². The zero-order chi connectivity index (χ0) is 15.9. The molecule has 2 aliphatic rings. The first-order valence-corrected chi connectivity index (χ1v) is 8.62. The lowest BCUT2D eigenvalue weighted by Crippen LogP contribution is -2.39. The standard InChI is InChI=1S/C17H26N4O2/c22-17(21-7-2-1-3-8-21)16-5-4-15(14-19-16)18-6-9-20-10-12-23-13-11-20/h4-5,14,18H,1-3,6-13H2. The van der Waals surface area contributed by atoms with E-state index in [-0.39, 0.29) is 5.91 Å². The fourth-order valence-electron chi connectivity index (χ4n) is 3.07. The molecule has 1 N–H and O–H groups in total. The van der Waals surface area contributed by atoms with Crippen LogP contribution in [-0.2, 0) is 4.74 Å². The second-order valence-electron chi connectivity index (χ2n) is 6.17. The molecule has 0 unspecified atom stereocenters. The molecule has 0 saturated carbocycles. The van der Waals surface area contributed by atoms with Crippen molar-refractivity contribution in [3.05, 3.63) is 24.0 Å². The Morgan fingerprint density at radius 1 is 1.13 bits per heavy atom. The molecule has 0 radical (unpaired) electrons. The van der Waals surface area contributed by atoms with Crippen molar-refractivity contribution in [1.82, 2.24) is 14.8 Å². The van der Waals surface area contributed by atoms with Gasteiger partial charge < -0.3 is 15.0 Å². The maximum absolute atomic E-state index is 12.4. The number of piperidine rings is 1. The summed E-state index contributed by atoms with van der Waals surface area (Å²) in [5.41, 5.74) is 1.51. The molecule has 6 heteroatoms. The zero-order valence-corrected chi connectivity index (χ0v) is 13.7. The summed E-state index contributed by atoms with van der Waals surface area (Å²) in [4.78, 5) is 21.0. The maximum atomic E-state index is 12.4. The normalized spacial score (nSPS) is 19.6. The van der Waals surface area contributed by atoms with Gasteiger partial charge in [0.15, 0.2) is 0 Å². The molecular weight excluding hydrogens is 292 g/mol. The van der Waals surface area contributed by atoms with Crippen LogP contribution in [0.3, 0.4) is 0 Å². The van der Waals surface area contributed by atoms with Crippen LogP contribution in [-0.4, -0.2) is 73.2 Å². The number of carbonyl (C=O) groups excluding carboxylic acids is 1. The first-order chi connectivity index (χ1) is 11.3. The smallest absolute Gasteiger partial charge is 0.272 e. The van der Waals surface area contributed by atoms with Crippen LogP contribution < -0.4 is 5.32 Å². The molecule has 0 atom stereocenters. The van der Waals surface area contributed by atoms with Crippen molar-refractivity contribution in [1.29, 1.82) is 0 Å². The van der Waals surface area contributed by atoms with Gasteiger partial charge in [0.1, 0.15) is 5.69 Å². The Morgan fingerprint density at radius 3 is 2.61 bits per heavy atom. The number of ether oxygens (including phenoxy) is 1. The number of nitrogens with zero attached hydrogens (tertiary/aromatic N) is 3. The number of rotatable bonds is 5. The van der Waals surface area contributed by atoms with E-state index >= 15 is 0 Å². The van der Waals surface area contributed by atoms with Gasteiger partial charge in [-0.25, -0.2) is 4.98 Å². The van der Waals surface area contributed by atoms with E-state index in [4.69, 9.17) is 4.74 Å². The van der Waals surface area contributed by atoms with Gasteiger partial charge in [-0.05, 0) is 31.4 Å². The summed E-state index contributed by atoms with van der Waals surface area (Å²) in [6.45, 7) is 7.26. The summed E-state index contributed by atoms with van der Waals surface area (Å²) in [5, 5.41) is 3.37. The van der Waals surface area contributed by atoms with Crippen LogP contribution in [0, 0.1) is 0 Å². The Hall–Kier alpha value is -1.66. The maximum Gasteiger partial charge on any atom is 0.272 e. The summed E-state index contributed by atoms with van der Waals surface area (Å²) < 4.78 is 5.34. The van der Waals surface area contributed by atoms with Gasteiger partial charge >= 0.3 is 0 Å². The first-order valence-electron chi connectivity index (χ1n) is 8.62. The van der Waals surface area contributed by atoms with Gasteiger partial charge in [0.2, 0.25) is 0 Å². The fourth-order valence-corrected chi connectivity index (χ4v) is 3.07. The Bertz CT molecular complexity index is 494. The molecule has 6 nitrogen and oxygen atoms in total. The molecule has 1 aromatic heterocycles. The molecule has 3 rings (SSSR count). The van der Waals surface area contributed by atoms with Gasteiger partial charge in [-0.1, -0.05) is 0 Å². The number of nitrogens with one attached hydrogen (secondary N) is 1. The van der Waals surface area contributed by atoms with Crippen LogP contribution in [0.1, 0.15) is 29.8 Å². The molecule has 2 aliphatic heterocycles. The second kappa shape index (κ2) is 8.26. The summed E-state index contributed by atoms with van der Waals surface area (Å²) in [6, 6.07) is 3.78. The van der Waals surface area contributed by atoms with Gasteiger partial charge in [0.25, 0.3) is 5.91 Å². The minimum Gasteiger partial charge on any atom is -0.383 e. The minimum absolute atomic E-state index is 0.0598. The number of morpholine rings is 1. The average Bonchev–Trinajstić information content (AvgIpc) is 2.63. The van der Waals surface area contributed by atoms with Crippen molar-refractivity contribution < 1.29 is 9.53 Å². The number of pyridine rings is 1. The average molecular weight is 318 g/mol. The molecule has 1 amide bonds. The molecule has 0 spiro atoms. The summed E-state index contributed by atoms with van der Waals surface area (Å²) in [6.07, 6.45) is 5.19.